The number of nitrogen functional groups attached to an aromatic ring is 2. The fourth-order valence-electron chi connectivity index (χ4n) is 1.68. The van der Waals surface area contributed by atoms with Crippen molar-refractivity contribution in [2.75, 3.05) is 11.5 Å². The number of nitrogens with two attached hydrogens (primary N) is 2. The van der Waals surface area contributed by atoms with E-state index in [0.29, 0.717) is 0 Å². The summed E-state index contributed by atoms with van der Waals surface area (Å²) in [5.74, 6) is -4.91. The number of hydrogen-bond donors (Lipinski definition) is 2. The van der Waals surface area contributed by atoms with Crippen LogP contribution in [0.5, 0.6) is 11.5 Å². The maximum Gasteiger partial charge on any atom is 0.468 e. The molecule has 1 aromatic rings. The van der Waals surface area contributed by atoms with E-state index < -0.39 is 36.1 Å². The minimum absolute atomic E-state index is 0.127. The van der Waals surface area contributed by atoms with E-state index in [-0.39, 0.29) is 11.4 Å². The molecule has 4 N–H and O–H groups in total. The monoisotopic (exact) mass is 302 g/mol. The second kappa shape index (κ2) is 4.00. The number of halogens is 6. The Morgan fingerprint density at radius 1 is 0.900 bits per heavy atom. The topological polar surface area (TPSA) is 70.5 Å². The predicted molar refractivity (Wildman–Crippen MR) is 56.0 cm³/mol. The van der Waals surface area contributed by atoms with Crippen molar-refractivity contribution in [3.8, 4) is 11.5 Å². The molecule has 1 aromatic carbocycles. The first-order chi connectivity index (χ1) is 8.94. The third-order valence-corrected chi connectivity index (χ3v) is 2.56. The maximum atomic E-state index is 12.9. The van der Waals surface area contributed by atoms with Crippen molar-refractivity contribution in [1.29, 1.82) is 0 Å². The summed E-state index contributed by atoms with van der Waals surface area (Å²) in [5, 5.41) is 0. The molecule has 1 heterocycles. The van der Waals surface area contributed by atoms with Gasteiger partial charge >= 0.3 is 18.1 Å². The summed E-state index contributed by atoms with van der Waals surface area (Å²) in [4.78, 5) is 0. The normalized spacial score (nSPS) is 17.3. The van der Waals surface area contributed by atoms with E-state index in [4.69, 9.17) is 11.5 Å². The van der Waals surface area contributed by atoms with Crippen LogP contribution in [0.1, 0.15) is 6.42 Å². The van der Waals surface area contributed by atoms with Gasteiger partial charge in [0, 0.05) is 12.1 Å². The van der Waals surface area contributed by atoms with Crippen molar-refractivity contribution < 1.29 is 35.8 Å². The molecule has 0 saturated heterocycles. The summed E-state index contributed by atoms with van der Waals surface area (Å²) in [5.41, 5.74) is 10.5. The molecule has 0 spiro atoms. The average Bonchev–Trinajstić information content (AvgIpc) is 2.53. The molecule has 0 radical (unpaired) electrons. The van der Waals surface area contributed by atoms with Crippen LogP contribution in [-0.2, 0) is 0 Å². The van der Waals surface area contributed by atoms with Gasteiger partial charge in [-0.05, 0) is 0 Å². The van der Waals surface area contributed by atoms with E-state index in [1.165, 1.54) is 0 Å². The van der Waals surface area contributed by atoms with Gasteiger partial charge in [-0.3, -0.25) is 0 Å². The van der Waals surface area contributed by atoms with E-state index in [0.717, 1.165) is 12.1 Å². The first-order valence-corrected chi connectivity index (χ1v) is 5.14. The summed E-state index contributed by atoms with van der Waals surface area (Å²) in [6, 6.07) is 1.77. The van der Waals surface area contributed by atoms with Gasteiger partial charge in [-0.15, -0.1) is 0 Å². The van der Waals surface area contributed by atoms with Crippen LogP contribution in [0.4, 0.5) is 37.7 Å². The summed E-state index contributed by atoms with van der Waals surface area (Å²) in [7, 11) is 0. The van der Waals surface area contributed by atoms with Gasteiger partial charge in [0.25, 0.3) is 0 Å². The molecule has 0 atom stereocenters. The van der Waals surface area contributed by atoms with Crippen molar-refractivity contribution in [2.24, 2.45) is 0 Å². The van der Waals surface area contributed by atoms with Gasteiger partial charge in [0.05, 0.1) is 11.4 Å². The summed E-state index contributed by atoms with van der Waals surface area (Å²) < 4.78 is 84.5. The molecule has 1 aliphatic rings. The van der Waals surface area contributed by atoms with E-state index in [1.807, 2.05) is 0 Å². The first-order valence-electron chi connectivity index (χ1n) is 5.14. The van der Waals surface area contributed by atoms with Gasteiger partial charge in [0.2, 0.25) is 0 Å². The van der Waals surface area contributed by atoms with E-state index in [9.17, 15) is 26.3 Å². The van der Waals surface area contributed by atoms with Crippen molar-refractivity contribution in [1.82, 2.24) is 0 Å². The maximum absolute atomic E-state index is 12.9. The Morgan fingerprint density at radius 2 is 1.30 bits per heavy atom. The van der Waals surface area contributed by atoms with Crippen LogP contribution in [0.15, 0.2) is 12.1 Å². The molecule has 0 unspecified atom stereocenters. The molecular weight excluding hydrogens is 294 g/mol. The highest BCUT2D eigenvalue weighted by Gasteiger charge is 2.67. The van der Waals surface area contributed by atoms with Crippen LogP contribution in [-0.4, -0.2) is 18.1 Å². The lowest BCUT2D eigenvalue weighted by Gasteiger charge is -2.30. The highest BCUT2D eigenvalue weighted by molar-refractivity contribution is 5.70. The van der Waals surface area contributed by atoms with Crippen molar-refractivity contribution in [3.05, 3.63) is 12.1 Å². The lowest BCUT2D eigenvalue weighted by atomic mass is 10.2. The van der Waals surface area contributed by atoms with Crippen molar-refractivity contribution >= 4 is 11.4 Å². The number of fused-ring (bicyclic) bond motifs is 1. The highest BCUT2D eigenvalue weighted by Crippen LogP contribution is 2.51. The molecule has 0 fully saturated rings. The Balaban J connectivity index is 2.44. The summed E-state index contributed by atoms with van der Waals surface area (Å²) >= 11 is 0. The minimum atomic E-state index is -5.40. The van der Waals surface area contributed by atoms with Crippen LogP contribution in [0.2, 0.25) is 0 Å². The molecule has 2 rings (SSSR count). The Morgan fingerprint density at radius 3 is 1.60 bits per heavy atom. The quantitative estimate of drug-likeness (QED) is 0.618. The Bertz CT molecular complexity index is 509. The van der Waals surface area contributed by atoms with E-state index in [1.54, 1.807) is 0 Å². The van der Waals surface area contributed by atoms with Crippen LogP contribution in [0, 0.1) is 0 Å². The molecule has 0 bridgehead atoms. The molecule has 0 saturated carbocycles. The minimum Gasteiger partial charge on any atom is -0.440 e. The highest BCUT2D eigenvalue weighted by atomic mass is 19.4. The van der Waals surface area contributed by atoms with Gasteiger partial charge in [-0.1, -0.05) is 0 Å². The number of rotatable bonds is 1. The Kier molecular flexibility index (Phi) is 2.88. The standard InChI is InChI=1S/C10H8F6N2O2/c11-9(12,13)3-8(10(14,15)16)19-6-1-4(17)5(18)2-7(6)20-8/h1-2H,3,17-18H2. The fraction of sp³-hybridized carbons (Fsp3) is 0.400. The molecule has 0 aliphatic carbocycles. The van der Waals surface area contributed by atoms with Crippen molar-refractivity contribution in [2.45, 2.75) is 24.6 Å². The largest absolute Gasteiger partial charge is 0.468 e. The third-order valence-electron chi connectivity index (χ3n) is 2.56. The zero-order valence-electron chi connectivity index (χ0n) is 9.60. The fourth-order valence-corrected chi connectivity index (χ4v) is 1.68. The predicted octanol–water partition coefficient (Wildman–Crippen LogP) is 2.83. The van der Waals surface area contributed by atoms with Gasteiger partial charge in [0.1, 0.15) is 6.42 Å². The second-order valence-corrected chi connectivity index (χ2v) is 4.17. The van der Waals surface area contributed by atoms with Crippen LogP contribution in [0.3, 0.4) is 0 Å². The molecule has 0 aromatic heterocycles. The molecule has 0 amide bonds. The number of ether oxygens (including phenoxy) is 2. The zero-order chi connectivity index (χ0) is 15.3. The zero-order valence-corrected chi connectivity index (χ0v) is 9.60. The number of benzene rings is 1. The molecule has 1 aliphatic heterocycles. The first kappa shape index (κ1) is 14.4. The summed E-state index contributed by atoms with van der Waals surface area (Å²) in [6.45, 7) is 0. The molecule has 112 valence electrons. The SMILES string of the molecule is Nc1cc2c(cc1N)OC(CC(F)(F)F)(C(F)(F)F)O2. The van der Waals surface area contributed by atoms with Gasteiger partial charge < -0.3 is 20.9 Å². The van der Waals surface area contributed by atoms with Crippen LogP contribution >= 0.6 is 0 Å². The third kappa shape index (κ3) is 2.37. The van der Waals surface area contributed by atoms with Gasteiger partial charge in [0.15, 0.2) is 11.5 Å². The average molecular weight is 302 g/mol. The Hall–Kier alpha value is -2.00. The van der Waals surface area contributed by atoms with E-state index >= 15 is 0 Å². The van der Waals surface area contributed by atoms with Crippen molar-refractivity contribution in [3.63, 3.8) is 0 Å². The smallest absolute Gasteiger partial charge is 0.440 e. The van der Waals surface area contributed by atoms with Crippen LogP contribution in [0.25, 0.3) is 0 Å². The molecule has 20 heavy (non-hydrogen) atoms. The van der Waals surface area contributed by atoms with Gasteiger partial charge in [-0.25, -0.2) is 0 Å². The number of alkyl halides is 6. The van der Waals surface area contributed by atoms with E-state index in [2.05, 4.69) is 9.47 Å². The Labute approximate surface area is 108 Å². The lowest BCUT2D eigenvalue weighted by molar-refractivity contribution is -0.338. The second-order valence-electron chi connectivity index (χ2n) is 4.17. The summed E-state index contributed by atoms with van der Waals surface area (Å²) in [6.07, 6.45) is -12.9. The number of anilines is 2. The molecule has 10 heteroatoms. The van der Waals surface area contributed by atoms with Gasteiger partial charge in [-0.2, -0.15) is 26.3 Å². The number of hydrogen-bond acceptors (Lipinski definition) is 4. The molecule has 4 nitrogen and oxygen atoms in total. The lowest BCUT2D eigenvalue weighted by Crippen LogP contribution is -2.55. The van der Waals surface area contributed by atoms with Crippen LogP contribution < -0.4 is 20.9 Å². The molecular formula is C10H8F6N2O2.